The number of para-hydroxylation sites is 1. The van der Waals surface area contributed by atoms with Crippen LogP contribution in [0.15, 0.2) is 35.3 Å². The topological polar surface area (TPSA) is 50.8 Å². The summed E-state index contributed by atoms with van der Waals surface area (Å²) >= 11 is 0. The van der Waals surface area contributed by atoms with E-state index in [0.29, 0.717) is 18.2 Å². The number of likely N-dealkylation sites (tertiary alicyclic amines) is 1. The van der Waals surface area contributed by atoms with Gasteiger partial charge in [-0.3, -0.25) is 0 Å². The first kappa shape index (κ1) is 10.6. The number of guanidine groups is 1. The summed E-state index contributed by atoms with van der Waals surface area (Å²) in [7, 11) is 0. The van der Waals surface area contributed by atoms with E-state index in [0.717, 1.165) is 31.6 Å². The van der Waals surface area contributed by atoms with Crippen LogP contribution >= 0.6 is 0 Å². The highest BCUT2D eigenvalue weighted by molar-refractivity contribution is 5.81. The lowest BCUT2D eigenvalue weighted by Crippen LogP contribution is -2.48. The number of morpholine rings is 1. The van der Waals surface area contributed by atoms with E-state index in [1.54, 1.807) is 0 Å². The van der Waals surface area contributed by atoms with E-state index in [4.69, 9.17) is 10.5 Å². The number of rotatable bonds is 1. The molecule has 2 heterocycles. The molecule has 0 aromatic heterocycles. The van der Waals surface area contributed by atoms with Crippen molar-refractivity contribution in [3.63, 3.8) is 0 Å². The highest BCUT2D eigenvalue weighted by Crippen LogP contribution is 2.26. The number of nitrogens with two attached hydrogens (primary N) is 1. The van der Waals surface area contributed by atoms with Gasteiger partial charge in [0.15, 0.2) is 5.96 Å². The van der Waals surface area contributed by atoms with Crippen LogP contribution in [0.3, 0.4) is 0 Å². The Balaban J connectivity index is 1.74. The summed E-state index contributed by atoms with van der Waals surface area (Å²) < 4.78 is 5.78. The van der Waals surface area contributed by atoms with Gasteiger partial charge in [-0.15, -0.1) is 0 Å². The van der Waals surface area contributed by atoms with E-state index in [2.05, 4.69) is 9.89 Å². The second-order valence-electron chi connectivity index (χ2n) is 4.67. The Labute approximate surface area is 101 Å². The van der Waals surface area contributed by atoms with Gasteiger partial charge in [-0.2, -0.15) is 0 Å². The predicted molar refractivity (Wildman–Crippen MR) is 67.2 cm³/mol. The van der Waals surface area contributed by atoms with Crippen LogP contribution in [0.4, 0.5) is 5.69 Å². The Kier molecular flexibility index (Phi) is 2.73. The summed E-state index contributed by atoms with van der Waals surface area (Å²) in [5.74, 6) is 0.608. The number of nitrogens with zero attached hydrogens (tertiary/aromatic N) is 2. The molecule has 2 saturated heterocycles. The molecular formula is C13H17N3O. The maximum absolute atomic E-state index is 6.05. The molecule has 90 valence electrons. The van der Waals surface area contributed by atoms with Gasteiger partial charge in [0.25, 0.3) is 0 Å². The molecule has 1 aromatic rings. The molecule has 2 N–H and O–H groups in total. The minimum absolute atomic E-state index is 0.346. The lowest BCUT2D eigenvalue weighted by Gasteiger charge is -2.32. The zero-order valence-electron chi connectivity index (χ0n) is 9.75. The van der Waals surface area contributed by atoms with Gasteiger partial charge in [0, 0.05) is 13.1 Å². The maximum atomic E-state index is 6.05. The second kappa shape index (κ2) is 4.37. The van der Waals surface area contributed by atoms with Gasteiger partial charge in [0.05, 0.1) is 17.9 Å². The molecule has 2 aliphatic heterocycles. The number of hydrogen-bond acceptors (Lipinski definition) is 2. The molecule has 0 aliphatic carbocycles. The van der Waals surface area contributed by atoms with Crippen molar-refractivity contribution >= 4 is 11.6 Å². The summed E-state index contributed by atoms with van der Waals surface area (Å²) in [5, 5.41) is 0. The molecule has 4 nitrogen and oxygen atoms in total. The van der Waals surface area contributed by atoms with Gasteiger partial charge < -0.3 is 15.4 Å². The molecule has 2 aliphatic rings. The third kappa shape index (κ3) is 2.26. The fourth-order valence-electron chi connectivity index (χ4n) is 2.51. The fraction of sp³-hybridized carbons (Fsp3) is 0.462. The molecule has 2 atom stereocenters. The standard InChI is InChI=1S/C13H17N3O/c14-13(15-10-4-2-1-3-5-10)16-8-11-6-7-12(9-16)17-11/h1-5,11-12H,6-9H2,(H2,14,15). The van der Waals surface area contributed by atoms with Gasteiger partial charge in [-0.1, -0.05) is 18.2 Å². The lowest BCUT2D eigenvalue weighted by atomic mass is 10.2. The molecule has 0 radical (unpaired) electrons. The minimum atomic E-state index is 0.346. The Morgan fingerprint density at radius 2 is 1.82 bits per heavy atom. The third-order valence-electron chi connectivity index (χ3n) is 3.37. The fourth-order valence-corrected chi connectivity index (χ4v) is 2.51. The lowest BCUT2D eigenvalue weighted by molar-refractivity contribution is -0.0160. The van der Waals surface area contributed by atoms with Crippen molar-refractivity contribution in [1.29, 1.82) is 0 Å². The molecular weight excluding hydrogens is 214 g/mol. The van der Waals surface area contributed by atoms with Gasteiger partial charge in [-0.05, 0) is 25.0 Å². The van der Waals surface area contributed by atoms with Crippen molar-refractivity contribution in [3.05, 3.63) is 30.3 Å². The van der Waals surface area contributed by atoms with Crippen LogP contribution in [-0.4, -0.2) is 36.2 Å². The number of benzene rings is 1. The summed E-state index contributed by atoms with van der Waals surface area (Å²) in [6, 6.07) is 9.83. The number of aliphatic imine (C=N–C) groups is 1. The molecule has 2 fully saturated rings. The monoisotopic (exact) mass is 231 g/mol. The molecule has 0 spiro atoms. The van der Waals surface area contributed by atoms with Crippen molar-refractivity contribution in [1.82, 2.24) is 4.90 Å². The van der Waals surface area contributed by atoms with Crippen LogP contribution < -0.4 is 5.73 Å². The number of ether oxygens (including phenoxy) is 1. The zero-order valence-corrected chi connectivity index (χ0v) is 9.75. The van der Waals surface area contributed by atoms with Crippen molar-refractivity contribution in [2.75, 3.05) is 13.1 Å². The molecule has 4 heteroatoms. The molecule has 3 rings (SSSR count). The third-order valence-corrected chi connectivity index (χ3v) is 3.37. The maximum Gasteiger partial charge on any atom is 0.196 e. The Morgan fingerprint density at radius 1 is 1.18 bits per heavy atom. The highest BCUT2D eigenvalue weighted by Gasteiger charge is 2.34. The molecule has 0 amide bonds. The van der Waals surface area contributed by atoms with Crippen molar-refractivity contribution in [2.24, 2.45) is 10.7 Å². The smallest absolute Gasteiger partial charge is 0.196 e. The average molecular weight is 231 g/mol. The van der Waals surface area contributed by atoms with Crippen molar-refractivity contribution < 1.29 is 4.74 Å². The van der Waals surface area contributed by atoms with Crippen molar-refractivity contribution in [3.8, 4) is 0 Å². The number of hydrogen-bond donors (Lipinski definition) is 1. The quantitative estimate of drug-likeness (QED) is 0.588. The van der Waals surface area contributed by atoms with Crippen LogP contribution in [0.25, 0.3) is 0 Å². The Bertz CT molecular complexity index is 406. The largest absolute Gasteiger partial charge is 0.371 e. The first-order valence-corrected chi connectivity index (χ1v) is 6.11. The molecule has 1 aromatic carbocycles. The molecule has 17 heavy (non-hydrogen) atoms. The van der Waals surface area contributed by atoms with Gasteiger partial charge in [-0.25, -0.2) is 4.99 Å². The van der Waals surface area contributed by atoms with E-state index < -0.39 is 0 Å². The molecule has 2 unspecified atom stereocenters. The van der Waals surface area contributed by atoms with E-state index in [9.17, 15) is 0 Å². The highest BCUT2D eigenvalue weighted by atomic mass is 16.5. The van der Waals surface area contributed by atoms with E-state index in [-0.39, 0.29) is 0 Å². The van der Waals surface area contributed by atoms with E-state index >= 15 is 0 Å². The van der Waals surface area contributed by atoms with Crippen LogP contribution in [0.1, 0.15) is 12.8 Å². The summed E-state index contributed by atoms with van der Waals surface area (Å²) in [6.45, 7) is 1.75. The average Bonchev–Trinajstić information content (AvgIpc) is 2.69. The summed E-state index contributed by atoms with van der Waals surface area (Å²) in [6.07, 6.45) is 3.00. The SMILES string of the molecule is NC(=Nc1ccccc1)N1CC2CCC(C1)O2. The first-order chi connectivity index (χ1) is 8.31. The van der Waals surface area contributed by atoms with Gasteiger partial charge in [0.1, 0.15) is 0 Å². The molecule has 0 saturated carbocycles. The van der Waals surface area contributed by atoms with Crippen LogP contribution in [0.5, 0.6) is 0 Å². The number of fused-ring (bicyclic) bond motifs is 2. The summed E-state index contributed by atoms with van der Waals surface area (Å²) in [5.41, 5.74) is 6.96. The Morgan fingerprint density at radius 3 is 2.47 bits per heavy atom. The minimum Gasteiger partial charge on any atom is -0.371 e. The Hall–Kier alpha value is -1.55. The normalized spacial score (nSPS) is 28.5. The van der Waals surface area contributed by atoms with Crippen molar-refractivity contribution in [2.45, 2.75) is 25.0 Å². The predicted octanol–water partition coefficient (Wildman–Crippen LogP) is 1.50. The van der Waals surface area contributed by atoms with Gasteiger partial charge in [0.2, 0.25) is 0 Å². The summed E-state index contributed by atoms with van der Waals surface area (Å²) in [4.78, 5) is 6.58. The first-order valence-electron chi connectivity index (χ1n) is 6.11. The van der Waals surface area contributed by atoms with Crippen LogP contribution in [-0.2, 0) is 4.74 Å². The zero-order chi connectivity index (χ0) is 11.7. The molecule has 2 bridgehead atoms. The van der Waals surface area contributed by atoms with Crippen LogP contribution in [0.2, 0.25) is 0 Å². The van der Waals surface area contributed by atoms with Gasteiger partial charge >= 0.3 is 0 Å². The van der Waals surface area contributed by atoms with Crippen LogP contribution in [0, 0.1) is 0 Å². The second-order valence-corrected chi connectivity index (χ2v) is 4.67. The van der Waals surface area contributed by atoms with E-state index in [1.807, 2.05) is 30.3 Å². The van der Waals surface area contributed by atoms with E-state index in [1.165, 1.54) is 0 Å².